The third kappa shape index (κ3) is 7.94. The van der Waals surface area contributed by atoms with Crippen molar-refractivity contribution in [2.24, 2.45) is 0 Å². The Bertz CT molecular complexity index is 3040. The number of aromatic nitrogens is 9. The smallest absolute Gasteiger partial charge is 0.260 e. The molecule has 1 saturated carbocycles. The first-order valence-corrected chi connectivity index (χ1v) is 21.5. The van der Waals surface area contributed by atoms with Crippen molar-refractivity contribution < 1.29 is 19.1 Å². The van der Waals surface area contributed by atoms with Crippen molar-refractivity contribution >= 4 is 23.5 Å². The van der Waals surface area contributed by atoms with E-state index in [0.717, 1.165) is 53.6 Å². The van der Waals surface area contributed by atoms with Crippen LogP contribution in [0.5, 0.6) is 11.5 Å². The van der Waals surface area contributed by atoms with Crippen LogP contribution in [0.25, 0.3) is 45.3 Å². The van der Waals surface area contributed by atoms with Gasteiger partial charge in [-0.25, -0.2) is 9.97 Å². The van der Waals surface area contributed by atoms with Crippen LogP contribution >= 0.6 is 0 Å². The van der Waals surface area contributed by atoms with Gasteiger partial charge in [0, 0.05) is 42.9 Å². The second kappa shape index (κ2) is 16.7. The van der Waals surface area contributed by atoms with Crippen molar-refractivity contribution in [3.05, 3.63) is 150 Å². The van der Waals surface area contributed by atoms with E-state index in [1.54, 1.807) is 24.8 Å². The average Bonchev–Trinajstić information content (AvgIpc) is 3.88. The van der Waals surface area contributed by atoms with Gasteiger partial charge in [-0.3, -0.25) is 14.6 Å². The summed E-state index contributed by atoms with van der Waals surface area (Å²) in [7, 11) is 0. The summed E-state index contributed by atoms with van der Waals surface area (Å²) < 4.78 is 17.1. The highest BCUT2D eigenvalue weighted by molar-refractivity contribution is 6.07. The van der Waals surface area contributed by atoms with Crippen molar-refractivity contribution in [3.63, 3.8) is 0 Å². The fourth-order valence-electron chi connectivity index (χ4n) is 8.25. The first-order chi connectivity index (χ1) is 31.5. The average molecular weight is 848 g/mol. The Kier molecular flexibility index (Phi) is 10.1. The molecule has 11 rings (SSSR count). The molecule has 2 N–H and O–H groups in total. The molecule has 3 aromatic carbocycles. The summed E-state index contributed by atoms with van der Waals surface area (Å²) in [5, 5.41) is 23.5. The summed E-state index contributed by atoms with van der Waals surface area (Å²) >= 11 is 0. The zero-order valence-electron chi connectivity index (χ0n) is 34.6. The molecule has 1 atom stereocenters. The summed E-state index contributed by atoms with van der Waals surface area (Å²) in [5.41, 5.74) is 7.01. The minimum Gasteiger partial charge on any atom is -0.493 e. The van der Waals surface area contributed by atoms with Crippen molar-refractivity contribution in [1.82, 2.24) is 44.5 Å². The van der Waals surface area contributed by atoms with E-state index in [4.69, 9.17) is 24.4 Å². The minimum atomic E-state index is -0.697. The topological polar surface area (TPSA) is 177 Å². The zero-order valence-corrected chi connectivity index (χ0v) is 34.6. The maximum Gasteiger partial charge on any atom is 0.260 e. The van der Waals surface area contributed by atoms with E-state index < -0.39 is 17.9 Å². The number of aryl methyl sites for hydroxylation is 2. The second-order valence-corrected chi connectivity index (χ2v) is 16.2. The monoisotopic (exact) mass is 847 g/mol. The number of amides is 2. The SMILES string of the molecule is O=C1Nc2cc(C3CCn4cnnc4-c4cccc(n4)NC(=O)c4cc(-c5ccc(C6CC6)nc5)ccc4O3)cc(n2)-c2nncn2CCCCOc2ccc(-c3ccccc3)cc21. The van der Waals surface area contributed by atoms with Crippen LogP contribution in [0.2, 0.25) is 0 Å². The number of nitrogens with one attached hydrogen (secondary N) is 2. The Labute approximate surface area is 367 Å². The van der Waals surface area contributed by atoms with Gasteiger partial charge < -0.3 is 29.2 Å². The summed E-state index contributed by atoms with van der Waals surface area (Å²) in [6.45, 7) is 1.46. The molecule has 2 amide bonds. The van der Waals surface area contributed by atoms with Gasteiger partial charge in [0.15, 0.2) is 11.6 Å². The number of benzene rings is 3. The normalized spacial score (nSPS) is 16.3. The fraction of sp³-hybridized carbons (Fsp3) is 0.204. The number of carbonyl (C=O) groups is 2. The van der Waals surface area contributed by atoms with Crippen LogP contribution < -0.4 is 20.1 Å². The van der Waals surface area contributed by atoms with E-state index in [-0.39, 0.29) is 5.82 Å². The van der Waals surface area contributed by atoms with Gasteiger partial charge in [0.1, 0.15) is 53.3 Å². The van der Waals surface area contributed by atoms with Crippen molar-refractivity contribution in [3.8, 4) is 56.8 Å². The van der Waals surface area contributed by atoms with Gasteiger partial charge in [-0.15, -0.1) is 20.4 Å². The lowest BCUT2D eigenvalue weighted by molar-refractivity contribution is 0.101. The number of rotatable bonds is 4. The summed E-state index contributed by atoms with van der Waals surface area (Å²) in [4.78, 5) is 43.3. The first-order valence-electron chi connectivity index (χ1n) is 21.5. The molecule has 1 fully saturated rings. The van der Waals surface area contributed by atoms with Crippen molar-refractivity contribution in [2.45, 2.75) is 57.2 Å². The number of pyridine rings is 3. The third-order valence-electron chi connectivity index (χ3n) is 11.8. The summed E-state index contributed by atoms with van der Waals surface area (Å²) in [6.07, 6.45) is 8.70. The predicted octanol–water partition coefficient (Wildman–Crippen LogP) is 8.80. The summed E-state index contributed by atoms with van der Waals surface area (Å²) in [6, 6.07) is 34.4. The Morgan fingerprint density at radius 3 is 2.08 bits per heavy atom. The fourth-order valence-corrected chi connectivity index (χ4v) is 8.25. The van der Waals surface area contributed by atoms with Gasteiger partial charge in [0.25, 0.3) is 11.8 Å². The molecule has 64 heavy (non-hydrogen) atoms. The van der Waals surface area contributed by atoms with Crippen LogP contribution in [0, 0.1) is 0 Å². The third-order valence-corrected chi connectivity index (χ3v) is 11.8. The largest absolute Gasteiger partial charge is 0.493 e. The van der Waals surface area contributed by atoms with Crippen LogP contribution in [0.4, 0.5) is 11.6 Å². The highest BCUT2D eigenvalue weighted by Gasteiger charge is 2.27. The minimum absolute atomic E-state index is 0.271. The molecule has 4 bridgehead atoms. The number of hydrogen-bond donors (Lipinski definition) is 2. The van der Waals surface area contributed by atoms with Crippen LogP contribution in [0.3, 0.4) is 0 Å². The number of fused-ring (bicyclic) bond motifs is 10. The van der Waals surface area contributed by atoms with E-state index in [2.05, 4.69) is 37.1 Å². The van der Waals surface area contributed by atoms with Crippen molar-refractivity contribution in [1.29, 1.82) is 0 Å². The molecule has 316 valence electrons. The molecule has 15 heteroatoms. The van der Waals surface area contributed by atoms with Gasteiger partial charge in [-0.1, -0.05) is 54.6 Å². The van der Waals surface area contributed by atoms with E-state index in [0.29, 0.717) is 89.1 Å². The quantitative estimate of drug-likeness (QED) is 0.173. The molecule has 5 aromatic heterocycles. The van der Waals surface area contributed by atoms with E-state index in [1.165, 1.54) is 0 Å². The van der Waals surface area contributed by atoms with Crippen LogP contribution in [0.15, 0.2) is 128 Å². The van der Waals surface area contributed by atoms with Gasteiger partial charge >= 0.3 is 0 Å². The van der Waals surface area contributed by atoms with Crippen LogP contribution in [0.1, 0.15) is 76.1 Å². The highest BCUT2D eigenvalue weighted by Crippen LogP contribution is 2.40. The molecule has 0 radical (unpaired) electrons. The first kappa shape index (κ1) is 38.8. The van der Waals surface area contributed by atoms with Gasteiger partial charge in [-0.2, -0.15) is 0 Å². The van der Waals surface area contributed by atoms with Gasteiger partial charge in [0.05, 0.1) is 17.7 Å². The molecule has 0 saturated heterocycles. The predicted molar refractivity (Wildman–Crippen MR) is 239 cm³/mol. The Morgan fingerprint density at radius 2 is 1.30 bits per heavy atom. The molecule has 15 nitrogen and oxygen atoms in total. The molecule has 3 aliphatic rings. The maximum absolute atomic E-state index is 14.5. The lowest BCUT2D eigenvalue weighted by Gasteiger charge is -2.23. The Balaban J connectivity index is 1.03. The van der Waals surface area contributed by atoms with Crippen LogP contribution in [-0.4, -0.2) is 62.9 Å². The van der Waals surface area contributed by atoms with E-state index >= 15 is 0 Å². The molecular formula is C49H41N11O4. The maximum atomic E-state index is 14.5. The van der Waals surface area contributed by atoms with Gasteiger partial charge in [-0.05, 0) is 103 Å². The molecule has 8 aromatic rings. The number of hydrogen-bond acceptors (Lipinski definition) is 11. The van der Waals surface area contributed by atoms with Crippen LogP contribution in [-0.2, 0) is 13.1 Å². The molecule has 7 heterocycles. The van der Waals surface area contributed by atoms with E-state index in [1.807, 2.05) is 106 Å². The number of carbonyl (C=O) groups excluding carboxylic acids is 2. The second-order valence-electron chi connectivity index (χ2n) is 16.2. The molecule has 1 unspecified atom stereocenters. The van der Waals surface area contributed by atoms with Crippen molar-refractivity contribution in [2.75, 3.05) is 17.2 Å². The molecular weight excluding hydrogens is 807 g/mol. The summed E-state index contributed by atoms with van der Waals surface area (Å²) in [5.74, 6) is 2.23. The Morgan fingerprint density at radius 1 is 0.594 bits per heavy atom. The number of anilines is 2. The van der Waals surface area contributed by atoms with Gasteiger partial charge in [0.2, 0.25) is 0 Å². The zero-order chi connectivity index (χ0) is 43.0. The molecule has 0 spiro atoms. The number of nitrogens with zero attached hydrogens (tertiary/aromatic N) is 9. The number of ether oxygens (including phenoxy) is 2. The molecule has 1 aliphatic carbocycles. The van der Waals surface area contributed by atoms with E-state index in [9.17, 15) is 9.59 Å². The lowest BCUT2D eigenvalue weighted by Crippen LogP contribution is -2.19. The lowest BCUT2D eigenvalue weighted by atomic mass is 10.0. The standard InChI is InChI=1S/C49H41N11O4/c61-48-36-23-32(30-7-2-1-3-8-30)14-17-42(36)63-22-5-4-20-59-28-51-58-47(59)40-25-35(26-45(54-40)56-48)41-19-21-60-29-52-57-46(60)39-9-6-10-44(53-39)55-49(62)37-24-33(15-18-43(37)64-41)34-13-16-38(50-27-34)31-11-12-31/h1-3,6-10,13-18,23-29,31,41H,4-5,11-12,19-22H2,(H,53,55,62)(H,54,56,61). The Hall–Kier alpha value is -8.07. The molecule has 2 aliphatic heterocycles. The highest BCUT2D eigenvalue weighted by atomic mass is 16.5.